The van der Waals surface area contributed by atoms with Crippen LogP contribution < -0.4 is 0 Å². The van der Waals surface area contributed by atoms with E-state index in [0.29, 0.717) is 16.6 Å². The molecule has 0 spiro atoms. The van der Waals surface area contributed by atoms with Crippen LogP contribution in [0.25, 0.3) is 0 Å². The summed E-state index contributed by atoms with van der Waals surface area (Å²) >= 11 is 12.6. The molecule has 26 heavy (non-hydrogen) atoms. The summed E-state index contributed by atoms with van der Waals surface area (Å²) in [7, 11) is 0. The summed E-state index contributed by atoms with van der Waals surface area (Å²) in [5.41, 5.74) is 4.51. The van der Waals surface area contributed by atoms with Gasteiger partial charge in [-0.1, -0.05) is 53.0 Å². The number of carboxylic acid groups (broad SMARTS) is 1. The van der Waals surface area contributed by atoms with Crippen LogP contribution in [0.3, 0.4) is 0 Å². The third-order valence-electron chi connectivity index (χ3n) is 5.14. The Balaban J connectivity index is 2.08. The minimum absolute atomic E-state index is 0.0810. The average Bonchev–Trinajstić information content (AvgIpc) is 2.59. The van der Waals surface area contributed by atoms with Gasteiger partial charge in [0.05, 0.1) is 12.0 Å². The highest BCUT2D eigenvalue weighted by Crippen LogP contribution is 2.38. The molecule has 0 aliphatic carbocycles. The molecule has 1 aliphatic heterocycles. The number of carbonyl (C=O) groups is 1. The Morgan fingerprint density at radius 3 is 2.54 bits per heavy atom. The zero-order chi connectivity index (χ0) is 18.8. The van der Waals surface area contributed by atoms with E-state index in [0.717, 1.165) is 30.5 Å². The van der Waals surface area contributed by atoms with Gasteiger partial charge < -0.3 is 5.11 Å². The lowest BCUT2D eigenvalue weighted by Crippen LogP contribution is -2.41. The predicted octanol–water partition coefficient (Wildman–Crippen LogP) is 5.50. The van der Waals surface area contributed by atoms with Gasteiger partial charge in [0.1, 0.15) is 0 Å². The highest BCUT2D eigenvalue weighted by atomic mass is 35.5. The summed E-state index contributed by atoms with van der Waals surface area (Å²) in [6.07, 6.45) is 1.59. The minimum atomic E-state index is -0.726. The van der Waals surface area contributed by atoms with Crippen molar-refractivity contribution in [1.29, 1.82) is 0 Å². The molecule has 2 aromatic rings. The first kappa shape index (κ1) is 19.2. The van der Waals surface area contributed by atoms with E-state index in [1.807, 2.05) is 12.1 Å². The average molecular weight is 392 g/mol. The molecule has 2 aromatic carbocycles. The highest BCUT2D eigenvalue weighted by molar-refractivity contribution is 6.35. The van der Waals surface area contributed by atoms with E-state index in [-0.39, 0.29) is 12.0 Å². The Morgan fingerprint density at radius 1 is 1.15 bits per heavy atom. The van der Waals surface area contributed by atoms with Gasteiger partial charge in [-0.15, -0.1) is 0 Å². The molecule has 0 bridgehead atoms. The Hall–Kier alpha value is -1.55. The van der Waals surface area contributed by atoms with Crippen molar-refractivity contribution >= 4 is 29.2 Å². The molecule has 0 aromatic heterocycles. The molecule has 1 aliphatic rings. The van der Waals surface area contributed by atoms with E-state index in [9.17, 15) is 9.90 Å². The van der Waals surface area contributed by atoms with E-state index in [1.165, 1.54) is 11.1 Å². The number of piperidine rings is 1. The van der Waals surface area contributed by atoms with Gasteiger partial charge in [0.25, 0.3) is 0 Å². The van der Waals surface area contributed by atoms with Crippen LogP contribution in [-0.2, 0) is 4.79 Å². The molecule has 1 N–H and O–H groups in total. The maximum absolute atomic E-state index is 11.5. The summed E-state index contributed by atoms with van der Waals surface area (Å²) in [5, 5.41) is 10.7. The summed E-state index contributed by atoms with van der Waals surface area (Å²) in [6, 6.07) is 11.9. The quantitative estimate of drug-likeness (QED) is 0.747. The second-order valence-corrected chi connectivity index (χ2v) is 7.94. The number of likely N-dealkylation sites (tertiary alicyclic amines) is 1. The first-order valence-corrected chi connectivity index (χ1v) is 9.61. The molecular formula is C21H23Cl2NO2. The van der Waals surface area contributed by atoms with Gasteiger partial charge in [-0.2, -0.15) is 0 Å². The fourth-order valence-electron chi connectivity index (χ4n) is 3.86. The third kappa shape index (κ3) is 4.06. The topological polar surface area (TPSA) is 40.5 Å². The largest absolute Gasteiger partial charge is 0.481 e. The zero-order valence-corrected chi connectivity index (χ0v) is 16.5. The molecule has 138 valence electrons. The highest BCUT2D eigenvalue weighted by Gasteiger charge is 2.32. The maximum atomic E-state index is 11.5. The lowest BCUT2D eigenvalue weighted by molar-refractivity contribution is -0.143. The molecule has 1 heterocycles. The molecule has 2 atom stereocenters. The van der Waals surface area contributed by atoms with Crippen LogP contribution in [-0.4, -0.2) is 29.1 Å². The number of hydrogen-bond acceptors (Lipinski definition) is 2. The van der Waals surface area contributed by atoms with Crippen molar-refractivity contribution in [2.75, 3.05) is 13.1 Å². The summed E-state index contributed by atoms with van der Waals surface area (Å²) in [4.78, 5) is 13.8. The first-order chi connectivity index (χ1) is 12.4. The van der Waals surface area contributed by atoms with Crippen LogP contribution in [0.1, 0.15) is 41.1 Å². The number of rotatable bonds is 4. The van der Waals surface area contributed by atoms with Crippen LogP contribution >= 0.6 is 23.2 Å². The monoisotopic (exact) mass is 391 g/mol. The zero-order valence-electron chi connectivity index (χ0n) is 15.0. The van der Waals surface area contributed by atoms with Crippen molar-refractivity contribution in [2.45, 2.75) is 32.7 Å². The Morgan fingerprint density at radius 2 is 1.88 bits per heavy atom. The Labute approximate surface area is 164 Å². The van der Waals surface area contributed by atoms with Gasteiger partial charge in [0, 0.05) is 16.6 Å². The number of halogens is 2. The first-order valence-electron chi connectivity index (χ1n) is 8.85. The van der Waals surface area contributed by atoms with Crippen LogP contribution in [0, 0.1) is 19.8 Å². The van der Waals surface area contributed by atoms with Crippen LogP contribution in [0.5, 0.6) is 0 Å². The smallest absolute Gasteiger partial charge is 0.307 e. The number of nitrogens with zero attached hydrogens (tertiary/aromatic N) is 1. The van der Waals surface area contributed by atoms with Gasteiger partial charge in [-0.3, -0.25) is 9.69 Å². The van der Waals surface area contributed by atoms with Gasteiger partial charge in [-0.05, 0) is 62.1 Å². The van der Waals surface area contributed by atoms with E-state index >= 15 is 0 Å². The molecule has 3 rings (SSSR count). The van der Waals surface area contributed by atoms with Crippen molar-refractivity contribution in [3.05, 3.63) is 68.7 Å². The van der Waals surface area contributed by atoms with Gasteiger partial charge in [-0.25, -0.2) is 0 Å². The molecule has 1 saturated heterocycles. The maximum Gasteiger partial charge on any atom is 0.307 e. The molecule has 0 saturated carbocycles. The van der Waals surface area contributed by atoms with E-state index in [1.54, 1.807) is 6.07 Å². The molecule has 1 fully saturated rings. The van der Waals surface area contributed by atoms with E-state index in [4.69, 9.17) is 23.2 Å². The molecule has 2 unspecified atom stereocenters. The van der Waals surface area contributed by atoms with Crippen molar-refractivity contribution in [3.8, 4) is 0 Å². The SMILES string of the molecule is Cc1ccc(C(c2ccc(Cl)cc2Cl)N2CCCC(C(=O)O)C2)c(C)c1. The Kier molecular flexibility index (Phi) is 5.91. The summed E-state index contributed by atoms with van der Waals surface area (Å²) in [6.45, 7) is 5.53. The fraction of sp³-hybridized carbons (Fsp3) is 0.381. The normalized spacial score (nSPS) is 19.3. The van der Waals surface area contributed by atoms with E-state index in [2.05, 4.69) is 36.9 Å². The lowest BCUT2D eigenvalue weighted by atomic mass is 9.89. The molecule has 0 amide bonds. The van der Waals surface area contributed by atoms with Gasteiger partial charge >= 0.3 is 5.97 Å². The molecule has 3 nitrogen and oxygen atoms in total. The van der Waals surface area contributed by atoms with Gasteiger partial charge in [0.15, 0.2) is 0 Å². The summed E-state index contributed by atoms with van der Waals surface area (Å²) < 4.78 is 0. The van der Waals surface area contributed by atoms with Crippen molar-refractivity contribution in [1.82, 2.24) is 4.90 Å². The number of aryl methyl sites for hydroxylation is 2. The van der Waals surface area contributed by atoms with Crippen LogP contribution in [0.15, 0.2) is 36.4 Å². The third-order valence-corrected chi connectivity index (χ3v) is 5.71. The lowest BCUT2D eigenvalue weighted by Gasteiger charge is -2.38. The van der Waals surface area contributed by atoms with Crippen LogP contribution in [0.4, 0.5) is 0 Å². The summed E-state index contributed by atoms with van der Waals surface area (Å²) in [5.74, 6) is -1.07. The molecule has 0 radical (unpaired) electrons. The minimum Gasteiger partial charge on any atom is -0.481 e. The number of benzene rings is 2. The second-order valence-electron chi connectivity index (χ2n) is 7.10. The van der Waals surface area contributed by atoms with Crippen molar-refractivity contribution < 1.29 is 9.90 Å². The Bertz CT molecular complexity index is 770. The molecular weight excluding hydrogens is 369 g/mol. The van der Waals surface area contributed by atoms with Crippen molar-refractivity contribution in [3.63, 3.8) is 0 Å². The van der Waals surface area contributed by atoms with E-state index < -0.39 is 5.97 Å². The molecule has 5 heteroatoms. The number of aliphatic carboxylic acids is 1. The predicted molar refractivity (Wildman–Crippen MR) is 106 cm³/mol. The van der Waals surface area contributed by atoms with Crippen molar-refractivity contribution in [2.24, 2.45) is 5.92 Å². The second kappa shape index (κ2) is 7.99. The number of hydrogen-bond donors (Lipinski definition) is 1. The van der Waals surface area contributed by atoms with Crippen LogP contribution in [0.2, 0.25) is 10.0 Å². The standard InChI is InChI=1S/C21H23Cl2NO2/c1-13-5-7-17(14(2)10-13)20(18-8-6-16(22)11-19(18)23)24-9-3-4-15(12-24)21(25)26/h5-8,10-11,15,20H,3-4,9,12H2,1-2H3,(H,25,26). The number of carboxylic acids is 1. The fourth-order valence-corrected chi connectivity index (χ4v) is 4.37. The van der Waals surface area contributed by atoms with Gasteiger partial charge in [0.2, 0.25) is 0 Å².